The van der Waals surface area contributed by atoms with Gasteiger partial charge in [0.1, 0.15) is 0 Å². The summed E-state index contributed by atoms with van der Waals surface area (Å²) in [5.41, 5.74) is 3.05. The minimum atomic E-state index is -0.269. The molecule has 0 heterocycles. The molecule has 1 amide bonds. The third kappa shape index (κ3) is 5.80. The lowest BCUT2D eigenvalue weighted by Crippen LogP contribution is -2.44. The topological polar surface area (TPSA) is 41.6 Å². The van der Waals surface area contributed by atoms with Gasteiger partial charge in [-0.05, 0) is 19.8 Å². The van der Waals surface area contributed by atoms with Gasteiger partial charge in [0, 0.05) is 13.1 Å². The highest BCUT2D eigenvalue weighted by Crippen LogP contribution is 1.95. The average Bonchev–Trinajstić information content (AvgIpc) is 2.18. The minimum Gasteiger partial charge on any atom is -0.449 e. The Labute approximate surface area is 86.6 Å². The van der Waals surface area contributed by atoms with Crippen LogP contribution in [0.15, 0.2) is 0 Å². The van der Waals surface area contributed by atoms with E-state index < -0.39 is 0 Å². The molecule has 0 bridgehead atoms. The zero-order valence-electron chi connectivity index (χ0n) is 9.51. The van der Waals surface area contributed by atoms with Crippen molar-refractivity contribution in [1.29, 1.82) is 0 Å². The summed E-state index contributed by atoms with van der Waals surface area (Å²) < 4.78 is 4.92. The molecule has 0 aliphatic carbocycles. The van der Waals surface area contributed by atoms with Crippen molar-refractivity contribution in [1.82, 2.24) is 10.4 Å². The van der Waals surface area contributed by atoms with Crippen LogP contribution in [-0.4, -0.2) is 30.8 Å². The smallest absolute Gasteiger partial charge is 0.424 e. The maximum absolute atomic E-state index is 11.4. The van der Waals surface area contributed by atoms with Gasteiger partial charge in [-0.2, -0.15) is 0 Å². The Morgan fingerprint density at radius 1 is 1.29 bits per heavy atom. The number of ether oxygens (including phenoxy) is 1. The standard InChI is InChI=1S/C10H22N2O2/c1-4-7-9-12(11-8-5-2)10(13)14-6-3/h11H,4-9H2,1-3H3. The molecule has 0 saturated carbocycles. The van der Waals surface area contributed by atoms with Crippen molar-refractivity contribution >= 4 is 6.09 Å². The summed E-state index contributed by atoms with van der Waals surface area (Å²) in [5.74, 6) is 0. The van der Waals surface area contributed by atoms with E-state index in [2.05, 4.69) is 19.3 Å². The first-order valence-corrected chi connectivity index (χ1v) is 5.44. The van der Waals surface area contributed by atoms with Crippen LogP contribution in [0.1, 0.15) is 40.0 Å². The monoisotopic (exact) mass is 202 g/mol. The molecule has 0 radical (unpaired) electrons. The quantitative estimate of drug-likeness (QED) is 0.643. The summed E-state index contributed by atoms with van der Waals surface area (Å²) in [6.45, 7) is 7.93. The Kier molecular flexibility index (Phi) is 8.33. The fourth-order valence-corrected chi connectivity index (χ4v) is 0.999. The van der Waals surface area contributed by atoms with Crippen LogP contribution in [0.25, 0.3) is 0 Å². The predicted octanol–water partition coefficient (Wildman–Crippen LogP) is 2.16. The number of nitrogens with zero attached hydrogens (tertiary/aromatic N) is 1. The first-order chi connectivity index (χ1) is 6.76. The van der Waals surface area contributed by atoms with Crippen LogP contribution in [0.4, 0.5) is 4.79 Å². The van der Waals surface area contributed by atoms with Gasteiger partial charge in [-0.3, -0.25) is 0 Å². The van der Waals surface area contributed by atoms with Crippen LogP contribution in [0.5, 0.6) is 0 Å². The number of hydrogen-bond donors (Lipinski definition) is 1. The number of rotatable bonds is 7. The normalized spacial score (nSPS) is 9.93. The van der Waals surface area contributed by atoms with Gasteiger partial charge < -0.3 is 4.74 Å². The first-order valence-electron chi connectivity index (χ1n) is 5.44. The summed E-state index contributed by atoms with van der Waals surface area (Å²) in [5, 5.41) is 1.57. The van der Waals surface area contributed by atoms with E-state index in [9.17, 15) is 4.79 Å². The number of nitrogens with one attached hydrogen (secondary N) is 1. The molecule has 0 fully saturated rings. The number of unbranched alkanes of at least 4 members (excludes halogenated alkanes) is 1. The van der Waals surface area contributed by atoms with Gasteiger partial charge >= 0.3 is 6.09 Å². The summed E-state index contributed by atoms with van der Waals surface area (Å²) in [4.78, 5) is 11.4. The van der Waals surface area contributed by atoms with Crippen molar-refractivity contribution in [2.45, 2.75) is 40.0 Å². The molecule has 0 saturated heterocycles. The Morgan fingerprint density at radius 2 is 2.00 bits per heavy atom. The maximum Gasteiger partial charge on any atom is 0.424 e. The largest absolute Gasteiger partial charge is 0.449 e. The van der Waals surface area contributed by atoms with Gasteiger partial charge in [0.2, 0.25) is 0 Å². The van der Waals surface area contributed by atoms with Crippen molar-refractivity contribution in [2.75, 3.05) is 19.7 Å². The molecule has 4 nitrogen and oxygen atoms in total. The van der Waals surface area contributed by atoms with Crippen molar-refractivity contribution in [3.63, 3.8) is 0 Å². The molecule has 0 rings (SSSR count). The SMILES string of the molecule is CCCCN(NCCC)C(=O)OCC. The van der Waals surface area contributed by atoms with Crippen LogP contribution in [0.3, 0.4) is 0 Å². The second-order valence-electron chi connectivity index (χ2n) is 3.11. The highest BCUT2D eigenvalue weighted by molar-refractivity contribution is 5.66. The lowest BCUT2D eigenvalue weighted by atomic mass is 10.3. The third-order valence-corrected chi connectivity index (χ3v) is 1.78. The molecule has 0 aliphatic rings. The molecule has 1 N–H and O–H groups in total. The zero-order chi connectivity index (χ0) is 10.8. The van der Waals surface area contributed by atoms with E-state index >= 15 is 0 Å². The molecule has 0 aromatic heterocycles. The second-order valence-corrected chi connectivity index (χ2v) is 3.11. The van der Waals surface area contributed by atoms with Crippen LogP contribution in [0.2, 0.25) is 0 Å². The molecule has 0 aromatic carbocycles. The number of hydrogen-bond acceptors (Lipinski definition) is 3. The number of carbonyl (C=O) groups is 1. The summed E-state index contributed by atoms with van der Waals surface area (Å²) in [6.07, 6.45) is 2.80. The molecule has 14 heavy (non-hydrogen) atoms. The van der Waals surface area contributed by atoms with Crippen LogP contribution in [0, 0.1) is 0 Å². The van der Waals surface area contributed by atoms with E-state index in [1.54, 1.807) is 5.01 Å². The van der Waals surface area contributed by atoms with Gasteiger partial charge in [0.15, 0.2) is 0 Å². The fourth-order valence-electron chi connectivity index (χ4n) is 0.999. The van der Waals surface area contributed by atoms with Gasteiger partial charge in [-0.25, -0.2) is 15.2 Å². The first kappa shape index (κ1) is 13.2. The Balaban J connectivity index is 3.88. The Hall–Kier alpha value is -0.770. The van der Waals surface area contributed by atoms with E-state index in [0.29, 0.717) is 6.61 Å². The Bertz CT molecular complexity index is 143. The van der Waals surface area contributed by atoms with Crippen molar-refractivity contribution in [3.8, 4) is 0 Å². The van der Waals surface area contributed by atoms with Crippen molar-refractivity contribution in [2.24, 2.45) is 0 Å². The molecule has 0 atom stereocenters. The van der Waals surface area contributed by atoms with Crippen molar-refractivity contribution in [3.05, 3.63) is 0 Å². The highest BCUT2D eigenvalue weighted by Gasteiger charge is 2.12. The van der Waals surface area contributed by atoms with E-state index in [0.717, 1.165) is 32.4 Å². The summed E-state index contributed by atoms with van der Waals surface area (Å²) in [6, 6.07) is 0. The number of amides is 1. The predicted molar refractivity (Wildman–Crippen MR) is 56.9 cm³/mol. The second kappa shape index (κ2) is 8.81. The highest BCUT2D eigenvalue weighted by atomic mass is 16.6. The number of carbonyl (C=O) groups excluding carboxylic acids is 1. The maximum atomic E-state index is 11.4. The molecule has 0 aromatic rings. The molecule has 84 valence electrons. The van der Waals surface area contributed by atoms with Crippen LogP contribution < -0.4 is 5.43 Å². The molecule has 0 unspecified atom stereocenters. The third-order valence-electron chi connectivity index (χ3n) is 1.78. The van der Waals surface area contributed by atoms with Gasteiger partial charge in [0.25, 0.3) is 0 Å². The zero-order valence-corrected chi connectivity index (χ0v) is 9.51. The Morgan fingerprint density at radius 3 is 2.50 bits per heavy atom. The molecule has 4 heteroatoms. The van der Waals surface area contributed by atoms with E-state index in [1.165, 1.54) is 0 Å². The van der Waals surface area contributed by atoms with E-state index in [4.69, 9.17) is 4.74 Å². The van der Waals surface area contributed by atoms with E-state index in [1.807, 2.05) is 6.92 Å². The summed E-state index contributed by atoms with van der Waals surface area (Å²) in [7, 11) is 0. The van der Waals surface area contributed by atoms with Gasteiger partial charge in [-0.1, -0.05) is 20.3 Å². The molecular weight excluding hydrogens is 180 g/mol. The fraction of sp³-hybridized carbons (Fsp3) is 0.900. The van der Waals surface area contributed by atoms with Crippen molar-refractivity contribution < 1.29 is 9.53 Å². The van der Waals surface area contributed by atoms with Gasteiger partial charge in [0.05, 0.1) is 6.61 Å². The molecule has 0 aliphatic heterocycles. The summed E-state index contributed by atoms with van der Waals surface area (Å²) >= 11 is 0. The van der Waals surface area contributed by atoms with Gasteiger partial charge in [-0.15, -0.1) is 0 Å². The molecule has 0 spiro atoms. The lowest BCUT2D eigenvalue weighted by molar-refractivity contribution is 0.0858. The minimum absolute atomic E-state index is 0.269. The van der Waals surface area contributed by atoms with Crippen LogP contribution >= 0.6 is 0 Å². The van der Waals surface area contributed by atoms with Crippen LogP contribution in [-0.2, 0) is 4.74 Å². The number of hydrazine groups is 1. The molecular formula is C10H22N2O2. The average molecular weight is 202 g/mol. The van der Waals surface area contributed by atoms with E-state index in [-0.39, 0.29) is 6.09 Å². The lowest BCUT2D eigenvalue weighted by Gasteiger charge is -2.22.